The number of β-amino-alcohol motifs (C(OH)–C–C–N with tert-alkyl or cyclic N) is 1. The summed E-state index contributed by atoms with van der Waals surface area (Å²) in [5.74, 6) is 0. The van der Waals surface area contributed by atoms with E-state index in [4.69, 9.17) is 5.73 Å². The van der Waals surface area contributed by atoms with E-state index in [2.05, 4.69) is 15.1 Å². The number of piperazine rings is 1. The van der Waals surface area contributed by atoms with Gasteiger partial charge in [-0.3, -0.25) is 9.80 Å². The summed E-state index contributed by atoms with van der Waals surface area (Å²) in [6.45, 7) is 7.04. The van der Waals surface area contributed by atoms with E-state index in [1.807, 2.05) is 0 Å². The molecule has 2 saturated heterocycles. The fraction of sp³-hybridized carbons (Fsp3) is 1.00. The molecule has 0 aromatic heterocycles. The van der Waals surface area contributed by atoms with E-state index >= 15 is 0 Å². The Kier molecular flexibility index (Phi) is 4.91. The fourth-order valence-corrected chi connectivity index (χ4v) is 3.01. The van der Waals surface area contributed by atoms with Crippen LogP contribution in [0.3, 0.4) is 0 Å². The summed E-state index contributed by atoms with van der Waals surface area (Å²) in [5, 5.41) is 12.4. The molecule has 2 aliphatic heterocycles. The quantitative estimate of drug-likeness (QED) is 0.584. The first-order chi connectivity index (χ1) is 8.58. The number of piperidine rings is 1. The van der Waals surface area contributed by atoms with Gasteiger partial charge in [0.05, 0.1) is 12.1 Å². The zero-order valence-corrected chi connectivity index (χ0v) is 11.1. The number of nitrogens with one attached hydrogen (secondary N) is 1. The topological polar surface area (TPSA) is 64.8 Å². The van der Waals surface area contributed by atoms with Crippen LogP contribution in [0.25, 0.3) is 0 Å². The van der Waals surface area contributed by atoms with Gasteiger partial charge in [-0.1, -0.05) is 0 Å². The van der Waals surface area contributed by atoms with Crippen LogP contribution >= 0.6 is 0 Å². The molecule has 2 rings (SSSR count). The minimum absolute atomic E-state index is 0.128. The minimum Gasteiger partial charge on any atom is -0.392 e. The van der Waals surface area contributed by atoms with Gasteiger partial charge >= 0.3 is 0 Å². The second-order valence-corrected chi connectivity index (χ2v) is 5.51. The highest BCUT2D eigenvalue weighted by molar-refractivity contribution is 4.96. The third-order valence-corrected chi connectivity index (χ3v) is 3.88. The van der Waals surface area contributed by atoms with Crippen molar-refractivity contribution in [3.05, 3.63) is 0 Å². The average molecular weight is 260 g/mol. The maximum atomic E-state index is 14.0. The Morgan fingerprint density at radius 1 is 1.33 bits per heavy atom. The summed E-state index contributed by atoms with van der Waals surface area (Å²) in [7, 11) is 0. The van der Waals surface area contributed by atoms with E-state index in [1.165, 1.54) is 0 Å². The summed E-state index contributed by atoms with van der Waals surface area (Å²) < 4.78 is 14.0. The third-order valence-electron chi connectivity index (χ3n) is 3.88. The van der Waals surface area contributed by atoms with Gasteiger partial charge in [0.2, 0.25) is 0 Å². The second-order valence-electron chi connectivity index (χ2n) is 5.51. The third kappa shape index (κ3) is 3.39. The SMILES string of the molecule is CC(O)CN1CCN(C2C(N)CNCC2F)CC1. The van der Waals surface area contributed by atoms with E-state index in [9.17, 15) is 9.50 Å². The lowest BCUT2D eigenvalue weighted by molar-refractivity contribution is 0.0188. The number of aliphatic hydroxyl groups is 1. The second kappa shape index (κ2) is 6.25. The highest BCUT2D eigenvalue weighted by Crippen LogP contribution is 2.17. The molecule has 0 aliphatic carbocycles. The van der Waals surface area contributed by atoms with Crippen molar-refractivity contribution >= 4 is 0 Å². The van der Waals surface area contributed by atoms with Gasteiger partial charge in [-0.15, -0.1) is 0 Å². The lowest BCUT2D eigenvalue weighted by Crippen LogP contribution is -2.65. The maximum Gasteiger partial charge on any atom is 0.129 e. The summed E-state index contributed by atoms with van der Waals surface area (Å²) in [5.41, 5.74) is 6.02. The van der Waals surface area contributed by atoms with Crippen molar-refractivity contribution in [2.45, 2.75) is 31.3 Å². The number of nitrogens with two attached hydrogens (primary N) is 1. The molecule has 0 spiro atoms. The zero-order chi connectivity index (χ0) is 13.1. The summed E-state index contributed by atoms with van der Waals surface area (Å²) in [6, 6.07) is -0.281. The minimum atomic E-state index is -0.878. The Morgan fingerprint density at radius 2 is 2.00 bits per heavy atom. The first-order valence-electron chi connectivity index (χ1n) is 6.82. The predicted molar refractivity (Wildman–Crippen MR) is 69.2 cm³/mol. The molecule has 0 saturated carbocycles. The largest absolute Gasteiger partial charge is 0.392 e. The van der Waals surface area contributed by atoms with Crippen LogP contribution in [0, 0.1) is 0 Å². The first-order valence-corrected chi connectivity index (χ1v) is 6.82. The van der Waals surface area contributed by atoms with Gasteiger partial charge in [0, 0.05) is 51.9 Å². The van der Waals surface area contributed by atoms with E-state index in [-0.39, 0.29) is 18.2 Å². The van der Waals surface area contributed by atoms with Crippen LogP contribution in [0.1, 0.15) is 6.92 Å². The van der Waals surface area contributed by atoms with Crippen molar-refractivity contribution in [2.75, 3.05) is 45.8 Å². The molecule has 5 nitrogen and oxygen atoms in total. The van der Waals surface area contributed by atoms with Crippen LogP contribution in [-0.2, 0) is 0 Å². The smallest absolute Gasteiger partial charge is 0.129 e. The molecule has 2 fully saturated rings. The molecule has 0 aromatic carbocycles. The Bertz CT molecular complexity index is 248. The van der Waals surface area contributed by atoms with Gasteiger partial charge in [-0.2, -0.15) is 0 Å². The Balaban J connectivity index is 1.84. The van der Waals surface area contributed by atoms with Crippen LogP contribution in [0.2, 0.25) is 0 Å². The van der Waals surface area contributed by atoms with E-state index in [1.54, 1.807) is 6.92 Å². The van der Waals surface area contributed by atoms with Gasteiger partial charge < -0.3 is 16.2 Å². The van der Waals surface area contributed by atoms with Gasteiger partial charge in [-0.05, 0) is 6.92 Å². The molecule has 0 bridgehead atoms. The standard InChI is InChI=1S/C12H25FN4O/c1-9(18)8-16-2-4-17(5-3-16)12-10(13)6-15-7-11(12)14/h9-12,15,18H,2-8,14H2,1H3. The average Bonchev–Trinajstić information content (AvgIpc) is 2.30. The Labute approximate surface area is 108 Å². The molecule has 106 valence electrons. The molecule has 2 heterocycles. The maximum absolute atomic E-state index is 14.0. The molecule has 0 radical (unpaired) electrons. The van der Waals surface area contributed by atoms with E-state index in [0.29, 0.717) is 19.6 Å². The number of hydrogen-bond acceptors (Lipinski definition) is 5. The predicted octanol–water partition coefficient (Wildman–Crippen LogP) is -1.38. The molecule has 0 amide bonds. The molecule has 4 atom stereocenters. The number of halogens is 1. The monoisotopic (exact) mass is 260 g/mol. The number of alkyl halides is 1. The van der Waals surface area contributed by atoms with Crippen molar-refractivity contribution < 1.29 is 9.50 Å². The van der Waals surface area contributed by atoms with Crippen molar-refractivity contribution in [2.24, 2.45) is 5.73 Å². The highest BCUT2D eigenvalue weighted by Gasteiger charge is 2.36. The Morgan fingerprint density at radius 3 is 2.56 bits per heavy atom. The number of rotatable bonds is 3. The van der Waals surface area contributed by atoms with Crippen molar-refractivity contribution in [1.29, 1.82) is 0 Å². The van der Waals surface area contributed by atoms with Crippen molar-refractivity contribution in [3.63, 3.8) is 0 Å². The van der Waals surface area contributed by atoms with E-state index in [0.717, 1.165) is 26.2 Å². The van der Waals surface area contributed by atoms with Gasteiger partial charge in [0.1, 0.15) is 6.17 Å². The van der Waals surface area contributed by atoms with E-state index < -0.39 is 6.17 Å². The molecule has 4 N–H and O–H groups in total. The molecule has 0 aromatic rings. The summed E-state index contributed by atoms with van der Waals surface area (Å²) in [6.07, 6.45) is -1.18. The molecular formula is C12H25FN4O. The lowest BCUT2D eigenvalue weighted by Gasteiger charge is -2.44. The van der Waals surface area contributed by atoms with Gasteiger partial charge in [0.25, 0.3) is 0 Å². The molecule has 6 heteroatoms. The Hall–Kier alpha value is -0.270. The van der Waals surface area contributed by atoms with Crippen LogP contribution in [-0.4, -0.2) is 85.1 Å². The van der Waals surface area contributed by atoms with Crippen LogP contribution in [0.15, 0.2) is 0 Å². The zero-order valence-electron chi connectivity index (χ0n) is 11.1. The van der Waals surface area contributed by atoms with Gasteiger partial charge in [-0.25, -0.2) is 4.39 Å². The van der Waals surface area contributed by atoms with Gasteiger partial charge in [0.15, 0.2) is 0 Å². The van der Waals surface area contributed by atoms with Crippen molar-refractivity contribution in [3.8, 4) is 0 Å². The molecular weight excluding hydrogens is 235 g/mol. The van der Waals surface area contributed by atoms with Crippen LogP contribution in [0.4, 0.5) is 4.39 Å². The van der Waals surface area contributed by atoms with Crippen molar-refractivity contribution in [1.82, 2.24) is 15.1 Å². The molecule has 18 heavy (non-hydrogen) atoms. The lowest BCUT2D eigenvalue weighted by atomic mass is 9.97. The van der Waals surface area contributed by atoms with Crippen LogP contribution in [0.5, 0.6) is 0 Å². The van der Waals surface area contributed by atoms with Crippen LogP contribution < -0.4 is 11.1 Å². The summed E-state index contributed by atoms with van der Waals surface area (Å²) >= 11 is 0. The number of aliphatic hydroxyl groups excluding tert-OH is 1. The normalized spacial score (nSPS) is 37.7. The molecule has 2 aliphatic rings. The summed E-state index contributed by atoms with van der Waals surface area (Å²) in [4.78, 5) is 4.40. The fourth-order valence-electron chi connectivity index (χ4n) is 3.01. The first kappa shape index (κ1) is 14.1. The highest BCUT2D eigenvalue weighted by atomic mass is 19.1. The number of nitrogens with zero attached hydrogens (tertiary/aromatic N) is 2. The number of hydrogen-bond donors (Lipinski definition) is 3. The molecule has 4 unspecified atom stereocenters.